The fraction of sp³-hybridized carbons (Fsp3) is 0. The number of fused-ring (bicyclic) bond motifs is 1. The second-order valence-electron chi connectivity index (χ2n) is 4.79. The maximum atomic E-state index is 11.4. The van der Waals surface area contributed by atoms with E-state index in [-0.39, 0.29) is 0 Å². The lowest BCUT2D eigenvalue weighted by atomic mass is 9.97. The highest BCUT2D eigenvalue weighted by Gasteiger charge is 2.27. The summed E-state index contributed by atoms with van der Waals surface area (Å²) in [4.78, 5) is 20.8. The van der Waals surface area contributed by atoms with E-state index in [1.807, 2.05) is 0 Å². The Bertz CT molecular complexity index is 1130. The quantitative estimate of drug-likeness (QED) is 0.353. The third-order valence-corrected chi connectivity index (χ3v) is 4.97. The maximum absolute atomic E-state index is 11.4. The van der Waals surface area contributed by atoms with Crippen LogP contribution >= 0.6 is 0 Å². The molecule has 134 valence electrons. The van der Waals surface area contributed by atoms with Crippen molar-refractivity contribution >= 4 is 48.6 Å². The molecule has 0 heterocycles. The van der Waals surface area contributed by atoms with E-state index in [1.54, 1.807) is 0 Å². The Morgan fingerprint density at radius 1 is 0.840 bits per heavy atom. The lowest BCUT2D eigenvalue weighted by Crippen LogP contribution is -2.12. The van der Waals surface area contributed by atoms with Gasteiger partial charge in [0, 0.05) is 10.8 Å². The highest BCUT2D eigenvalue weighted by molar-refractivity contribution is 7.86. The fourth-order valence-corrected chi connectivity index (χ4v) is 3.42. The van der Waals surface area contributed by atoms with Crippen LogP contribution in [0.1, 0.15) is 20.7 Å². The fourth-order valence-electron chi connectivity index (χ4n) is 2.23. The van der Waals surface area contributed by atoms with Gasteiger partial charge in [-0.2, -0.15) is 16.8 Å². The third kappa shape index (κ3) is 3.25. The van der Waals surface area contributed by atoms with Crippen molar-refractivity contribution in [1.29, 1.82) is 0 Å². The van der Waals surface area contributed by atoms with Crippen molar-refractivity contribution in [1.82, 2.24) is 0 Å². The van der Waals surface area contributed by atoms with Crippen LogP contribution in [-0.2, 0) is 20.2 Å². The van der Waals surface area contributed by atoms with Crippen LogP contribution in [0.15, 0.2) is 28.0 Å². The summed E-state index contributed by atoms with van der Waals surface area (Å²) in [5, 5.41) is 17.3. The summed E-state index contributed by atoms with van der Waals surface area (Å²) >= 11 is 0. The Morgan fingerprint density at radius 3 is 1.72 bits per heavy atom. The second-order valence-corrected chi connectivity index (χ2v) is 7.60. The molecular weight excluding hydrogens is 382 g/mol. The molecule has 0 fully saturated rings. The van der Waals surface area contributed by atoms with E-state index in [0.29, 0.717) is 18.2 Å². The molecule has 2 aromatic rings. The SMILES string of the molecule is Nc1c(S(=O)(=O)O)cc(C(=O)O)c2c(C(=O)O)cc(S(=O)(=O)O)cc12. The van der Waals surface area contributed by atoms with E-state index in [2.05, 4.69) is 0 Å². The Morgan fingerprint density at radius 2 is 1.32 bits per heavy atom. The molecule has 0 atom stereocenters. The number of nitrogen functional groups attached to an aromatic ring is 1. The van der Waals surface area contributed by atoms with Crippen LogP contribution in [-0.4, -0.2) is 48.1 Å². The number of nitrogens with two attached hydrogens (primary N) is 1. The van der Waals surface area contributed by atoms with Gasteiger partial charge >= 0.3 is 11.9 Å². The van der Waals surface area contributed by atoms with Crippen molar-refractivity contribution in [2.45, 2.75) is 9.79 Å². The molecule has 0 aliphatic carbocycles. The molecule has 0 amide bonds. The normalized spacial score (nSPS) is 12.2. The Hall–Kier alpha value is -2.74. The molecule has 0 saturated carbocycles. The summed E-state index contributed by atoms with van der Waals surface area (Å²) in [5.74, 6) is -3.51. The van der Waals surface area contributed by atoms with E-state index in [1.165, 1.54) is 0 Å². The molecule has 2 rings (SSSR count). The average molecular weight is 391 g/mol. The van der Waals surface area contributed by atoms with Crippen molar-refractivity contribution in [3.8, 4) is 0 Å². The summed E-state index contributed by atoms with van der Waals surface area (Å²) in [6, 6.07) is 1.56. The van der Waals surface area contributed by atoms with E-state index in [9.17, 15) is 36.6 Å². The number of benzene rings is 2. The zero-order valence-corrected chi connectivity index (χ0v) is 13.5. The molecular formula is C12H9NO10S2. The first-order chi connectivity index (χ1) is 11.2. The molecule has 0 aliphatic rings. The molecule has 6 N–H and O–H groups in total. The van der Waals surface area contributed by atoms with Crippen LogP contribution < -0.4 is 5.73 Å². The molecule has 2 aromatic carbocycles. The summed E-state index contributed by atoms with van der Waals surface area (Å²) < 4.78 is 63.6. The van der Waals surface area contributed by atoms with Gasteiger partial charge in [0.2, 0.25) is 0 Å². The number of hydrogen-bond donors (Lipinski definition) is 5. The van der Waals surface area contributed by atoms with Gasteiger partial charge in [-0.3, -0.25) is 9.11 Å². The van der Waals surface area contributed by atoms with Gasteiger partial charge in [-0.15, -0.1) is 0 Å². The van der Waals surface area contributed by atoms with Crippen LogP contribution in [0.4, 0.5) is 5.69 Å². The molecule has 0 aromatic heterocycles. The molecule has 0 aliphatic heterocycles. The number of carboxylic acids is 2. The molecule has 13 heteroatoms. The van der Waals surface area contributed by atoms with Crippen LogP contribution in [0, 0.1) is 0 Å². The smallest absolute Gasteiger partial charge is 0.336 e. The monoisotopic (exact) mass is 391 g/mol. The van der Waals surface area contributed by atoms with E-state index < -0.39 is 69.6 Å². The van der Waals surface area contributed by atoms with Crippen molar-refractivity contribution in [3.63, 3.8) is 0 Å². The van der Waals surface area contributed by atoms with Gasteiger partial charge in [0.05, 0.1) is 21.7 Å². The van der Waals surface area contributed by atoms with Crippen LogP contribution in [0.5, 0.6) is 0 Å². The van der Waals surface area contributed by atoms with Crippen molar-refractivity contribution < 1.29 is 45.7 Å². The lowest BCUT2D eigenvalue weighted by molar-refractivity contribution is 0.0695. The Balaban J connectivity index is 3.25. The van der Waals surface area contributed by atoms with E-state index >= 15 is 0 Å². The van der Waals surface area contributed by atoms with E-state index in [0.717, 1.165) is 0 Å². The first-order valence-electron chi connectivity index (χ1n) is 6.07. The van der Waals surface area contributed by atoms with Crippen LogP contribution in [0.25, 0.3) is 10.8 Å². The Labute approximate surface area is 139 Å². The minimum Gasteiger partial charge on any atom is -0.478 e. The van der Waals surface area contributed by atoms with Crippen LogP contribution in [0.3, 0.4) is 0 Å². The van der Waals surface area contributed by atoms with Crippen molar-refractivity contribution in [2.24, 2.45) is 0 Å². The van der Waals surface area contributed by atoms with Crippen molar-refractivity contribution in [3.05, 3.63) is 29.3 Å². The molecule has 0 spiro atoms. The summed E-state index contributed by atoms with van der Waals surface area (Å²) in [5.41, 5.74) is 3.07. The van der Waals surface area contributed by atoms with Gasteiger partial charge in [0.15, 0.2) is 0 Å². The number of carboxylic acid groups (broad SMARTS) is 2. The topological polar surface area (TPSA) is 209 Å². The predicted octanol–water partition coefficient (Wildman–Crippen LogP) is 0.312. The van der Waals surface area contributed by atoms with Gasteiger partial charge < -0.3 is 15.9 Å². The Kier molecular flexibility index (Phi) is 4.21. The minimum absolute atomic E-state index is 0.453. The first-order valence-corrected chi connectivity index (χ1v) is 8.95. The minimum atomic E-state index is -5.01. The van der Waals surface area contributed by atoms with Gasteiger partial charge in [0.25, 0.3) is 20.2 Å². The molecule has 0 bridgehead atoms. The summed E-state index contributed by atoms with van der Waals surface area (Å²) in [6.45, 7) is 0. The molecule has 11 nitrogen and oxygen atoms in total. The van der Waals surface area contributed by atoms with Gasteiger partial charge in [-0.1, -0.05) is 0 Å². The van der Waals surface area contributed by atoms with Gasteiger partial charge in [-0.05, 0) is 18.2 Å². The predicted molar refractivity (Wildman–Crippen MR) is 81.9 cm³/mol. The lowest BCUT2D eigenvalue weighted by Gasteiger charge is -2.13. The number of rotatable bonds is 4. The maximum Gasteiger partial charge on any atom is 0.336 e. The summed E-state index contributed by atoms with van der Waals surface area (Å²) in [6.07, 6.45) is 0. The second kappa shape index (κ2) is 5.66. The zero-order valence-electron chi connectivity index (χ0n) is 11.9. The largest absolute Gasteiger partial charge is 0.478 e. The zero-order chi connectivity index (χ0) is 19.3. The molecule has 0 radical (unpaired) electrons. The molecule has 0 unspecified atom stereocenters. The van der Waals surface area contributed by atoms with Crippen molar-refractivity contribution in [2.75, 3.05) is 5.73 Å². The molecule has 25 heavy (non-hydrogen) atoms. The number of anilines is 1. The first kappa shape index (κ1) is 18.6. The standard InChI is InChI=1S/C12H9NO10S2/c13-10-5-1-4(24(18,19)20)2-6(11(14)15)9(5)7(12(16)17)3-8(10)25(21,22)23/h1-3H,13H2,(H,14,15)(H,16,17)(H,18,19,20)(H,21,22,23). The highest BCUT2D eigenvalue weighted by Crippen LogP contribution is 2.35. The van der Waals surface area contributed by atoms with Gasteiger partial charge in [-0.25, -0.2) is 9.59 Å². The third-order valence-electron chi connectivity index (χ3n) is 3.25. The number of aromatic carboxylic acids is 2. The average Bonchev–Trinajstić information content (AvgIpc) is 2.43. The van der Waals surface area contributed by atoms with E-state index in [4.69, 9.17) is 14.8 Å². The number of hydrogen-bond acceptors (Lipinski definition) is 7. The highest BCUT2D eigenvalue weighted by atomic mass is 32.2. The summed E-state index contributed by atoms with van der Waals surface area (Å²) in [7, 11) is -9.94. The molecule has 0 saturated heterocycles. The number of carbonyl (C=O) groups is 2. The van der Waals surface area contributed by atoms with Crippen LogP contribution in [0.2, 0.25) is 0 Å². The van der Waals surface area contributed by atoms with Gasteiger partial charge in [0.1, 0.15) is 4.90 Å².